The zero-order valence-corrected chi connectivity index (χ0v) is 12.2. The fourth-order valence-electron chi connectivity index (χ4n) is 1.83. The van der Waals surface area contributed by atoms with E-state index in [4.69, 9.17) is 0 Å². The molecule has 0 saturated heterocycles. The van der Waals surface area contributed by atoms with Crippen molar-refractivity contribution in [3.05, 3.63) is 39.9 Å². The van der Waals surface area contributed by atoms with Gasteiger partial charge in [-0.25, -0.2) is 4.79 Å². The summed E-state index contributed by atoms with van der Waals surface area (Å²) in [4.78, 5) is 33.9. The number of nitro groups is 1. The number of methoxy groups -OCH3 is 1. The molecule has 0 bridgehead atoms. The summed E-state index contributed by atoms with van der Waals surface area (Å²) in [6, 6.07) is 4.55. The second-order valence-corrected chi connectivity index (χ2v) is 4.99. The van der Waals surface area contributed by atoms with Crippen molar-refractivity contribution in [1.29, 1.82) is 0 Å². The molecule has 1 aromatic carbocycles. The molecule has 0 fully saturated rings. The minimum absolute atomic E-state index is 0.127. The molecule has 0 aliphatic rings. The zero-order chi connectivity index (χ0) is 16.0. The molecule has 1 amide bonds. The third-order valence-corrected chi connectivity index (χ3v) is 2.82. The zero-order valence-electron chi connectivity index (χ0n) is 12.2. The molecule has 114 valence electrons. The highest BCUT2D eigenvalue weighted by molar-refractivity contribution is 5.97. The van der Waals surface area contributed by atoms with Crippen molar-refractivity contribution < 1.29 is 19.2 Å². The number of non-ortho nitro benzene ring substituents is 1. The summed E-state index contributed by atoms with van der Waals surface area (Å²) in [7, 11) is 1.25. The third-order valence-electron chi connectivity index (χ3n) is 2.82. The number of nitro benzene ring substituents is 1. The number of rotatable bonds is 6. The molecule has 0 radical (unpaired) electrons. The highest BCUT2D eigenvalue weighted by Crippen LogP contribution is 2.14. The minimum atomic E-state index is -0.776. The molecule has 7 nitrogen and oxygen atoms in total. The summed E-state index contributed by atoms with van der Waals surface area (Å²) in [5, 5.41) is 13.2. The molecule has 1 rings (SSSR count). The number of ether oxygens (including phenoxy) is 1. The molecule has 0 aromatic heterocycles. The molecule has 0 heterocycles. The second-order valence-electron chi connectivity index (χ2n) is 4.99. The number of benzene rings is 1. The Balaban J connectivity index is 2.88. The highest BCUT2D eigenvalue weighted by Gasteiger charge is 2.23. The Morgan fingerprint density at radius 1 is 1.38 bits per heavy atom. The van der Waals surface area contributed by atoms with Crippen LogP contribution < -0.4 is 5.32 Å². The molecule has 0 aliphatic heterocycles. The molecule has 1 aromatic rings. The predicted octanol–water partition coefficient (Wildman–Crippen LogP) is 1.91. The van der Waals surface area contributed by atoms with Gasteiger partial charge in [0.25, 0.3) is 11.6 Å². The molecular formula is C14H18N2O5. The number of carbonyl (C=O) groups excluding carboxylic acids is 2. The summed E-state index contributed by atoms with van der Waals surface area (Å²) >= 11 is 0. The largest absolute Gasteiger partial charge is 0.467 e. The van der Waals surface area contributed by atoms with Crippen molar-refractivity contribution in [2.24, 2.45) is 5.92 Å². The van der Waals surface area contributed by atoms with E-state index in [1.54, 1.807) is 0 Å². The van der Waals surface area contributed by atoms with Crippen LogP contribution in [-0.2, 0) is 9.53 Å². The Bertz CT molecular complexity index is 542. The standard InChI is InChI=1S/C14H18N2O5/c1-9(2)7-12(14(18)21-3)15-13(17)10-5-4-6-11(8-10)16(19)20/h4-6,8-9,12H,7H2,1-3H3,(H,15,17)/t12-/m1/s1. The van der Waals surface area contributed by atoms with Gasteiger partial charge in [0.15, 0.2) is 0 Å². The van der Waals surface area contributed by atoms with E-state index < -0.39 is 22.8 Å². The predicted molar refractivity (Wildman–Crippen MR) is 75.8 cm³/mol. The average molecular weight is 294 g/mol. The van der Waals surface area contributed by atoms with Gasteiger partial charge in [0.1, 0.15) is 6.04 Å². The third kappa shape index (κ3) is 4.87. The number of esters is 1. The molecular weight excluding hydrogens is 276 g/mol. The van der Waals surface area contributed by atoms with Gasteiger partial charge in [-0.05, 0) is 18.4 Å². The lowest BCUT2D eigenvalue weighted by Gasteiger charge is -2.18. The summed E-state index contributed by atoms with van der Waals surface area (Å²) in [5.41, 5.74) is -0.0528. The molecule has 0 saturated carbocycles. The van der Waals surface area contributed by atoms with Gasteiger partial charge in [0.05, 0.1) is 12.0 Å². The Morgan fingerprint density at radius 3 is 2.57 bits per heavy atom. The molecule has 21 heavy (non-hydrogen) atoms. The number of amides is 1. The number of carbonyl (C=O) groups is 2. The van der Waals surface area contributed by atoms with Gasteiger partial charge in [-0.2, -0.15) is 0 Å². The van der Waals surface area contributed by atoms with Crippen molar-refractivity contribution in [2.45, 2.75) is 26.3 Å². The first-order chi connectivity index (χ1) is 9.85. The van der Waals surface area contributed by atoms with Crippen LogP contribution in [-0.4, -0.2) is 30.0 Å². The van der Waals surface area contributed by atoms with Gasteiger partial charge < -0.3 is 10.1 Å². The maximum atomic E-state index is 12.1. The summed E-state index contributed by atoms with van der Waals surface area (Å²) in [5.74, 6) is -0.906. The summed E-state index contributed by atoms with van der Waals surface area (Å²) in [6.45, 7) is 3.82. The van der Waals surface area contributed by atoms with Crippen LogP contribution >= 0.6 is 0 Å². The fourth-order valence-corrected chi connectivity index (χ4v) is 1.83. The topological polar surface area (TPSA) is 98.5 Å². The smallest absolute Gasteiger partial charge is 0.328 e. The van der Waals surface area contributed by atoms with Crippen LogP contribution in [0.3, 0.4) is 0 Å². The lowest BCUT2D eigenvalue weighted by atomic mass is 10.0. The fraction of sp³-hybridized carbons (Fsp3) is 0.429. The highest BCUT2D eigenvalue weighted by atomic mass is 16.6. The average Bonchev–Trinajstić information content (AvgIpc) is 2.45. The van der Waals surface area contributed by atoms with Crippen molar-refractivity contribution in [1.82, 2.24) is 5.32 Å². The van der Waals surface area contributed by atoms with Crippen LogP contribution in [0.4, 0.5) is 5.69 Å². The van der Waals surface area contributed by atoms with Crippen LogP contribution in [0.2, 0.25) is 0 Å². The van der Waals surface area contributed by atoms with Crippen molar-refractivity contribution >= 4 is 17.6 Å². The van der Waals surface area contributed by atoms with E-state index in [-0.39, 0.29) is 17.2 Å². The molecule has 1 atom stereocenters. The van der Waals surface area contributed by atoms with E-state index in [9.17, 15) is 19.7 Å². The van der Waals surface area contributed by atoms with Crippen LogP contribution in [0, 0.1) is 16.0 Å². The van der Waals surface area contributed by atoms with Crippen LogP contribution in [0.25, 0.3) is 0 Å². The first-order valence-corrected chi connectivity index (χ1v) is 6.48. The molecule has 0 aliphatic carbocycles. The Kier molecular flexibility index (Phi) is 5.83. The van der Waals surface area contributed by atoms with E-state index in [0.29, 0.717) is 6.42 Å². The van der Waals surface area contributed by atoms with Gasteiger partial charge >= 0.3 is 5.97 Å². The molecule has 7 heteroatoms. The van der Waals surface area contributed by atoms with Crippen molar-refractivity contribution in [2.75, 3.05) is 7.11 Å². The van der Waals surface area contributed by atoms with E-state index in [1.807, 2.05) is 13.8 Å². The first kappa shape index (κ1) is 16.6. The second kappa shape index (κ2) is 7.37. The summed E-state index contributed by atoms with van der Waals surface area (Å²) < 4.78 is 4.65. The van der Waals surface area contributed by atoms with Gasteiger partial charge in [0, 0.05) is 17.7 Å². The van der Waals surface area contributed by atoms with Crippen LogP contribution in [0.5, 0.6) is 0 Å². The monoisotopic (exact) mass is 294 g/mol. The molecule has 1 N–H and O–H groups in total. The maximum Gasteiger partial charge on any atom is 0.328 e. The number of hydrogen-bond donors (Lipinski definition) is 1. The van der Waals surface area contributed by atoms with Crippen molar-refractivity contribution in [3.8, 4) is 0 Å². The lowest BCUT2D eigenvalue weighted by molar-refractivity contribution is -0.384. The van der Waals surface area contributed by atoms with E-state index in [2.05, 4.69) is 10.1 Å². The number of nitrogens with zero attached hydrogens (tertiary/aromatic N) is 1. The normalized spacial score (nSPS) is 11.8. The Morgan fingerprint density at radius 2 is 2.05 bits per heavy atom. The first-order valence-electron chi connectivity index (χ1n) is 6.48. The summed E-state index contributed by atoms with van der Waals surface area (Å²) in [6.07, 6.45) is 0.424. The number of nitrogens with one attached hydrogen (secondary N) is 1. The van der Waals surface area contributed by atoms with E-state index in [1.165, 1.54) is 31.4 Å². The SMILES string of the molecule is COC(=O)[C@@H](CC(C)C)NC(=O)c1cccc([N+](=O)[O-])c1. The molecule has 0 unspecified atom stereocenters. The molecule has 0 spiro atoms. The lowest BCUT2D eigenvalue weighted by Crippen LogP contribution is -2.42. The van der Waals surface area contributed by atoms with Gasteiger partial charge in [-0.15, -0.1) is 0 Å². The quantitative estimate of drug-likeness (QED) is 0.491. The minimum Gasteiger partial charge on any atom is -0.467 e. The Hall–Kier alpha value is -2.44. The van der Waals surface area contributed by atoms with E-state index >= 15 is 0 Å². The Labute approximate surface area is 122 Å². The maximum absolute atomic E-state index is 12.1. The van der Waals surface area contributed by atoms with Crippen LogP contribution in [0.1, 0.15) is 30.6 Å². The number of hydrogen-bond acceptors (Lipinski definition) is 5. The van der Waals surface area contributed by atoms with Gasteiger partial charge in [0.2, 0.25) is 0 Å². The van der Waals surface area contributed by atoms with Gasteiger partial charge in [-0.1, -0.05) is 19.9 Å². The van der Waals surface area contributed by atoms with Crippen LogP contribution in [0.15, 0.2) is 24.3 Å². The van der Waals surface area contributed by atoms with Crippen molar-refractivity contribution in [3.63, 3.8) is 0 Å². The van der Waals surface area contributed by atoms with E-state index in [0.717, 1.165) is 0 Å². The van der Waals surface area contributed by atoms with Gasteiger partial charge in [-0.3, -0.25) is 14.9 Å².